The van der Waals surface area contributed by atoms with Gasteiger partial charge >= 0.3 is 0 Å². The first-order valence-corrected chi connectivity index (χ1v) is 9.23. The molecule has 0 bridgehead atoms. The van der Waals surface area contributed by atoms with Crippen LogP contribution in [0.25, 0.3) is 0 Å². The minimum Gasteiger partial charge on any atom is -0.388 e. The van der Waals surface area contributed by atoms with Crippen molar-refractivity contribution in [3.63, 3.8) is 0 Å². The van der Waals surface area contributed by atoms with Crippen LogP contribution >= 0.6 is 34.5 Å². The quantitative estimate of drug-likeness (QED) is 0.823. The van der Waals surface area contributed by atoms with Gasteiger partial charge in [-0.1, -0.05) is 23.2 Å². The fourth-order valence-electron chi connectivity index (χ4n) is 1.72. The Labute approximate surface area is 137 Å². The Bertz CT molecular complexity index is 702. The van der Waals surface area contributed by atoms with Crippen LogP contribution in [0.15, 0.2) is 39.9 Å². The lowest BCUT2D eigenvalue weighted by Crippen LogP contribution is -2.26. The van der Waals surface area contributed by atoms with Crippen molar-refractivity contribution in [2.24, 2.45) is 0 Å². The van der Waals surface area contributed by atoms with E-state index < -0.39 is 16.1 Å². The molecule has 2 N–H and O–H groups in total. The van der Waals surface area contributed by atoms with Crippen LogP contribution in [0.2, 0.25) is 10.0 Å². The van der Waals surface area contributed by atoms with E-state index in [0.717, 1.165) is 5.56 Å². The average molecular weight is 366 g/mol. The first-order valence-electron chi connectivity index (χ1n) is 6.05. The predicted molar refractivity (Wildman–Crippen MR) is 85.5 cm³/mol. The van der Waals surface area contributed by atoms with Gasteiger partial charge in [-0.05, 0) is 47.0 Å². The van der Waals surface area contributed by atoms with Gasteiger partial charge in [-0.3, -0.25) is 0 Å². The lowest BCUT2D eigenvalue weighted by Gasteiger charge is -2.11. The number of aliphatic hydroxyl groups excluding tert-OH is 1. The normalized spacial score (nSPS) is 13.3. The molecule has 0 amide bonds. The summed E-state index contributed by atoms with van der Waals surface area (Å²) >= 11 is 13.1. The molecule has 1 aromatic carbocycles. The van der Waals surface area contributed by atoms with Crippen molar-refractivity contribution in [3.8, 4) is 0 Å². The molecule has 2 rings (SSSR count). The third-order valence-electron chi connectivity index (χ3n) is 2.82. The summed E-state index contributed by atoms with van der Waals surface area (Å²) in [6.45, 7) is 0.0994. The molecule has 21 heavy (non-hydrogen) atoms. The highest BCUT2D eigenvalue weighted by Crippen LogP contribution is 2.25. The second-order valence-corrected chi connectivity index (χ2v) is 7.69. The second kappa shape index (κ2) is 7.09. The third kappa shape index (κ3) is 4.42. The molecular formula is C13H13Cl2NO3S2. The van der Waals surface area contributed by atoms with Crippen molar-refractivity contribution >= 4 is 44.6 Å². The molecule has 0 spiro atoms. The van der Waals surface area contributed by atoms with E-state index >= 15 is 0 Å². The number of sulfonamides is 1. The van der Waals surface area contributed by atoms with Gasteiger partial charge in [0.15, 0.2) is 0 Å². The number of rotatable bonds is 6. The van der Waals surface area contributed by atoms with Gasteiger partial charge in [-0.25, -0.2) is 13.1 Å². The maximum absolute atomic E-state index is 12.1. The zero-order valence-corrected chi connectivity index (χ0v) is 13.9. The van der Waals surface area contributed by atoms with Crippen LogP contribution in [-0.2, 0) is 10.0 Å². The Hall–Kier alpha value is -0.630. The molecule has 1 heterocycles. The fourth-order valence-corrected chi connectivity index (χ4v) is 4.24. The molecule has 0 saturated carbocycles. The molecular weight excluding hydrogens is 353 g/mol. The van der Waals surface area contributed by atoms with E-state index in [1.807, 2.05) is 10.8 Å². The topological polar surface area (TPSA) is 66.4 Å². The summed E-state index contributed by atoms with van der Waals surface area (Å²) in [6.07, 6.45) is -0.428. The van der Waals surface area contributed by atoms with Crippen LogP contribution in [0.4, 0.5) is 0 Å². The van der Waals surface area contributed by atoms with E-state index in [2.05, 4.69) is 4.72 Å². The second-order valence-electron chi connectivity index (χ2n) is 4.33. The molecule has 0 radical (unpaired) electrons. The minimum atomic E-state index is -3.75. The number of benzene rings is 1. The highest BCUT2D eigenvalue weighted by Gasteiger charge is 2.18. The maximum atomic E-state index is 12.1. The number of thiophene rings is 1. The van der Waals surface area contributed by atoms with Crippen molar-refractivity contribution in [1.29, 1.82) is 0 Å². The zero-order valence-electron chi connectivity index (χ0n) is 10.8. The van der Waals surface area contributed by atoms with Crippen molar-refractivity contribution in [1.82, 2.24) is 4.72 Å². The summed E-state index contributed by atoms with van der Waals surface area (Å²) in [5, 5.41) is 14.0. The van der Waals surface area contributed by atoms with Gasteiger partial charge in [0, 0.05) is 11.6 Å². The van der Waals surface area contributed by atoms with Crippen LogP contribution in [0.5, 0.6) is 0 Å². The summed E-state index contributed by atoms with van der Waals surface area (Å²) in [4.78, 5) is -0.0679. The van der Waals surface area contributed by atoms with Crippen LogP contribution in [0.1, 0.15) is 18.1 Å². The summed E-state index contributed by atoms with van der Waals surface area (Å²) in [7, 11) is -3.75. The van der Waals surface area contributed by atoms with Gasteiger partial charge < -0.3 is 5.11 Å². The number of hydrogen-bond acceptors (Lipinski definition) is 4. The van der Waals surface area contributed by atoms with Crippen LogP contribution in [0.3, 0.4) is 0 Å². The lowest BCUT2D eigenvalue weighted by atomic mass is 10.1. The Morgan fingerprint density at radius 1 is 1.29 bits per heavy atom. The monoisotopic (exact) mass is 365 g/mol. The van der Waals surface area contributed by atoms with Gasteiger partial charge in [-0.2, -0.15) is 11.3 Å². The number of hydrogen-bond donors (Lipinski definition) is 2. The number of nitrogens with one attached hydrogen (secondary N) is 1. The van der Waals surface area contributed by atoms with E-state index in [9.17, 15) is 13.5 Å². The van der Waals surface area contributed by atoms with Crippen LogP contribution in [-0.4, -0.2) is 20.1 Å². The van der Waals surface area contributed by atoms with Crippen LogP contribution < -0.4 is 4.72 Å². The van der Waals surface area contributed by atoms with Gasteiger partial charge in [0.25, 0.3) is 0 Å². The highest BCUT2D eigenvalue weighted by atomic mass is 35.5. The third-order valence-corrected chi connectivity index (χ3v) is 5.70. The molecule has 0 aliphatic rings. The Morgan fingerprint density at radius 2 is 2.05 bits per heavy atom. The molecule has 0 aliphatic heterocycles. The Balaban J connectivity index is 2.00. The molecule has 1 atom stereocenters. The van der Waals surface area contributed by atoms with Crippen molar-refractivity contribution in [3.05, 3.63) is 50.6 Å². The molecule has 0 fully saturated rings. The van der Waals surface area contributed by atoms with E-state index in [4.69, 9.17) is 23.2 Å². The maximum Gasteiger partial charge on any atom is 0.242 e. The predicted octanol–water partition coefficient (Wildman–Crippen LogP) is 3.46. The molecule has 0 saturated heterocycles. The molecule has 4 nitrogen and oxygen atoms in total. The molecule has 1 aromatic heterocycles. The number of aliphatic hydroxyl groups is 1. The summed E-state index contributed by atoms with van der Waals surface area (Å²) < 4.78 is 26.7. The van der Waals surface area contributed by atoms with E-state index in [0.29, 0.717) is 0 Å². The van der Waals surface area contributed by atoms with E-state index in [1.54, 1.807) is 6.07 Å². The smallest absolute Gasteiger partial charge is 0.242 e. The number of halogens is 2. The lowest BCUT2D eigenvalue weighted by molar-refractivity contribution is 0.169. The summed E-state index contributed by atoms with van der Waals surface area (Å²) in [5.41, 5.74) is 0.778. The van der Waals surface area contributed by atoms with Gasteiger partial charge in [0.2, 0.25) is 10.0 Å². The van der Waals surface area contributed by atoms with E-state index in [1.165, 1.54) is 29.5 Å². The summed E-state index contributed by atoms with van der Waals surface area (Å²) in [6, 6.07) is 6.04. The Morgan fingerprint density at radius 3 is 2.71 bits per heavy atom. The van der Waals surface area contributed by atoms with Crippen molar-refractivity contribution in [2.45, 2.75) is 17.4 Å². The summed E-state index contributed by atoms with van der Waals surface area (Å²) in [5.74, 6) is 0. The van der Waals surface area contributed by atoms with Crippen LogP contribution in [0, 0.1) is 0 Å². The largest absolute Gasteiger partial charge is 0.388 e. The van der Waals surface area contributed by atoms with Crippen molar-refractivity contribution < 1.29 is 13.5 Å². The SMILES string of the molecule is O=S(=O)(NCCC(O)c1ccsc1)c1cc(Cl)ccc1Cl. The fraction of sp³-hybridized carbons (Fsp3) is 0.231. The molecule has 1 unspecified atom stereocenters. The molecule has 8 heteroatoms. The Kier molecular flexibility index (Phi) is 5.65. The highest BCUT2D eigenvalue weighted by molar-refractivity contribution is 7.89. The molecule has 2 aromatic rings. The average Bonchev–Trinajstić information content (AvgIpc) is 2.95. The first kappa shape index (κ1) is 16.7. The van der Waals surface area contributed by atoms with Gasteiger partial charge in [0.1, 0.15) is 4.90 Å². The standard InChI is InChI=1S/C13H13Cl2NO3S2/c14-10-1-2-11(15)13(7-10)21(18,19)16-5-3-12(17)9-4-6-20-8-9/h1-2,4,6-8,12,16-17H,3,5H2. The van der Waals surface area contributed by atoms with E-state index in [-0.39, 0.29) is 27.9 Å². The zero-order chi connectivity index (χ0) is 15.5. The minimum absolute atomic E-state index is 0.0679. The van der Waals surface area contributed by atoms with Gasteiger partial charge in [0.05, 0.1) is 11.1 Å². The molecule has 114 valence electrons. The van der Waals surface area contributed by atoms with Gasteiger partial charge in [-0.15, -0.1) is 0 Å². The first-order chi connectivity index (χ1) is 9.90. The molecule has 0 aliphatic carbocycles. The van der Waals surface area contributed by atoms with Crippen molar-refractivity contribution in [2.75, 3.05) is 6.54 Å².